The summed E-state index contributed by atoms with van der Waals surface area (Å²) in [6.07, 6.45) is -4.95. The third kappa shape index (κ3) is 5.73. The topological polar surface area (TPSA) is 68.5 Å². The summed E-state index contributed by atoms with van der Waals surface area (Å²) in [7, 11) is 0. The maximum Gasteiger partial charge on any atom is 0.450 e. The molecule has 11 heteroatoms. The molecule has 0 fully saturated rings. The molecule has 5 nitrogen and oxygen atoms in total. The van der Waals surface area contributed by atoms with E-state index in [4.69, 9.17) is 44.0 Å². The van der Waals surface area contributed by atoms with Crippen molar-refractivity contribution in [3.8, 4) is 16.9 Å². The van der Waals surface area contributed by atoms with Gasteiger partial charge < -0.3 is 14.5 Å². The summed E-state index contributed by atoms with van der Waals surface area (Å²) < 4.78 is 51.8. The van der Waals surface area contributed by atoms with Gasteiger partial charge in [-0.15, -0.1) is 0 Å². The summed E-state index contributed by atoms with van der Waals surface area (Å²) in [5.74, 6) is -2.00. The molecule has 4 aromatic rings. The molecule has 180 valence electrons. The van der Waals surface area contributed by atoms with Crippen LogP contribution >= 0.6 is 34.8 Å². The Morgan fingerprint density at radius 1 is 0.914 bits per heavy atom. The van der Waals surface area contributed by atoms with Crippen molar-refractivity contribution < 1.29 is 27.1 Å². The number of anilines is 1. The molecule has 3 aromatic carbocycles. The SMILES string of the molecule is O=C(COc1ccc2c(=O)c(-c3ccc(Cl)cc3)c(C(F)(F)F)oc2c1)Nc1cc(Cl)cc(Cl)c1. The van der Waals surface area contributed by atoms with E-state index < -0.39 is 35.4 Å². The number of carbonyl (C=O) groups excluding carboxylic acids is 1. The Kier molecular flexibility index (Phi) is 6.98. The highest BCUT2D eigenvalue weighted by Crippen LogP contribution is 2.38. The van der Waals surface area contributed by atoms with Gasteiger partial charge in [0, 0.05) is 26.8 Å². The van der Waals surface area contributed by atoms with E-state index in [0.29, 0.717) is 20.8 Å². The molecular weight excluding hydrogens is 530 g/mol. The first kappa shape index (κ1) is 24.9. The van der Waals surface area contributed by atoms with Gasteiger partial charge in [0.15, 0.2) is 6.61 Å². The monoisotopic (exact) mass is 541 g/mol. The Balaban J connectivity index is 1.63. The van der Waals surface area contributed by atoms with Crippen LogP contribution in [-0.2, 0) is 11.0 Å². The van der Waals surface area contributed by atoms with Gasteiger partial charge in [0.1, 0.15) is 11.3 Å². The summed E-state index contributed by atoms with van der Waals surface area (Å²) in [5, 5.41) is 3.38. The number of nitrogens with one attached hydrogen (secondary N) is 1. The van der Waals surface area contributed by atoms with E-state index in [9.17, 15) is 22.8 Å². The summed E-state index contributed by atoms with van der Waals surface area (Å²) in [6.45, 7) is -0.477. The maximum atomic E-state index is 13.8. The number of fused-ring (bicyclic) bond motifs is 1. The van der Waals surface area contributed by atoms with E-state index >= 15 is 0 Å². The predicted octanol–water partition coefficient (Wildman–Crippen LogP) is 7.46. The summed E-state index contributed by atoms with van der Waals surface area (Å²) in [5.41, 5.74) is -1.50. The van der Waals surface area contributed by atoms with Gasteiger partial charge in [-0.2, -0.15) is 13.2 Å². The van der Waals surface area contributed by atoms with Crippen molar-refractivity contribution in [1.29, 1.82) is 0 Å². The van der Waals surface area contributed by atoms with Crippen LogP contribution in [0.5, 0.6) is 5.75 Å². The minimum absolute atomic E-state index is 0.00971. The number of ether oxygens (including phenoxy) is 1. The van der Waals surface area contributed by atoms with Gasteiger partial charge in [0.2, 0.25) is 11.2 Å². The fourth-order valence-corrected chi connectivity index (χ4v) is 3.97. The van der Waals surface area contributed by atoms with Gasteiger partial charge in [-0.1, -0.05) is 46.9 Å². The third-order valence-corrected chi connectivity index (χ3v) is 5.46. The van der Waals surface area contributed by atoms with E-state index in [1.54, 1.807) is 0 Å². The standard InChI is InChI=1S/C24H13Cl3F3NO4/c25-13-3-1-12(2-4-13)21-22(33)18-6-5-17(10-19(18)35-23(21)24(28,29)30)34-11-20(32)31-16-8-14(26)7-15(27)9-16/h1-10H,11H2,(H,31,32). The molecular formula is C24H13Cl3F3NO4. The summed E-state index contributed by atoms with van der Waals surface area (Å²) >= 11 is 17.6. The van der Waals surface area contributed by atoms with Crippen LogP contribution in [0.3, 0.4) is 0 Å². The van der Waals surface area contributed by atoms with Crippen LogP contribution in [-0.4, -0.2) is 12.5 Å². The van der Waals surface area contributed by atoms with Gasteiger partial charge in [-0.05, 0) is 48.0 Å². The molecule has 0 atom stereocenters. The Hall–Kier alpha value is -3.20. The number of alkyl halides is 3. The van der Waals surface area contributed by atoms with Crippen LogP contribution in [0.25, 0.3) is 22.1 Å². The number of carbonyl (C=O) groups is 1. The second-order valence-electron chi connectivity index (χ2n) is 7.29. The Labute approximate surface area is 211 Å². The van der Waals surface area contributed by atoms with E-state index in [2.05, 4.69) is 5.32 Å². The number of hydrogen-bond acceptors (Lipinski definition) is 4. The number of amides is 1. The second-order valence-corrected chi connectivity index (χ2v) is 8.60. The first-order chi connectivity index (χ1) is 16.5. The van der Waals surface area contributed by atoms with Crippen molar-refractivity contribution >= 4 is 57.4 Å². The number of halogens is 6. The van der Waals surface area contributed by atoms with Crippen molar-refractivity contribution in [2.45, 2.75) is 6.18 Å². The Morgan fingerprint density at radius 2 is 1.57 bits per heavy atom. The zero-order chi connectivity index (χ0) is 25.3. The van der Waals surface area contributed by atoms with E-state index in [0.717, 1.165) is 6.07 Å². The van der Waals surface area contributed by atoms with Crippen molar-refractivity contribution in [2.24, 2.45) is 0 Å². The van der Waals surface area contributed by atoms with Crippen LogP contribution in [0.15, 0.2) is 69.9 Å². The minimum Gasteiger partial charge on any atom is -0.484 e. The Bertz CT molecular complexity index is 1460. The molecule has 0 bridgehead atoms. The van der Waals surface area contributed by atoms with Gasteiger partial charge in [-0.3, -0.25) is 9.59 Å². The fourth-order valence-electron chi connectivity index (χ4n) is 3.31. The van der Waals surface area contributed by atoms with Crippen LogP contribution in [0, 0.1) is 0 Å². The first-order valence-corrected chi connectivity index (χ1v) is 11.0. The molecule has 4 rings (SSSR count). The summed E-state index contributed by atoms with van der Waals surface area (Å²) in [4.78, 5) is 25.2. The molecule has 0 spiro atoms. The molecule has 0 saturated carbocycles. The average Bonchev–Trinajstić information content (AvgIpc) is 2.77. The molecule has 0 aliphatic heterocycles. The van der Waals surface area contributed by atoms with Crippen molar-refractivity contribution in [3.63, 3.8) is 0 Å². The van der Waals surface area contributed by atoms with Gasteiger partial charge >= 0.3 is 6.18 Å². The largest absolute Gasteiger partial charge is 0.484 e. The predicted molar refractivity (Wildman–Crippen MR) is 129 cm³/mol. The Morgan fingerprint density at radius 3 is 2.20 bits per heavy atom. The average molecular weight is 543 g/mol. The smallest absolute Gasteiger partial charge is 0.450 e. The summed E-state index contributed by atoms with van der Waals surface area (Å²) in [6, 6.07) is 13.5. The molecule has 0 saturated heterocycles. The quantitative estimate of drug-likeness (QED) is 0.284. The zero-order valence-electron chi connectivity index (χ0n) is 17.4. The lowest BCUT2D eigenvalue weighted by Gasteiger charge is -2.13. The molecule has 1 N–H and O–H groups in total. The molecule has 0 radical (unpaired) electrons. The van der Waals surface area contributed by atoms with Crippen molar-refractivity contribution in [1.82, 2.24) is 0 Å². The van der Waals surface area contributed by atoms with Crippen LogP contribution < -0.4 is 15.5 Å². The maximum absolute atomic E-state index is 13.8. The fraction of sp³-hybridized carbons (Fsp3) is 0.0833. The number of hydrogen-bond donors (Lipinski definition) is 1. The lowest BCUT2D eigenvalue weighted by Crippen LogP contribution is -2.20. The zero-order valence-corrected chi connectivity index (χ0v) is 19.6. The highest BCUT2D eigenvalue weighted by molar-refractivity contribution is 6.35. The number of benzene rings is 3. The van der Waals surface area contributed by atoms with Crippen LogP contribution in [0.1, 0.15) is 5.76 Å². The first-order valence-electron chi connectivity index (χ1n) is 9.84. The molecule has 35 heavy (non-hydrogen) atoms. The molecule has 1 heterocycles. The lowest BCUT2D eigenvalue weighted by molar-refractivity contribution is -0.152. The molecule has 0 aliphatic carbocycles. The molecule has 0 unspecified atom stereocenters. The van der Waals surface area contributed by atoms with Crippen LogP contribution in [0.4, 0.5) is 18.9 Å². The van der Waals surface area contributed by atoms with E-state index in [1.807, 2.05) is 0 Å². The normalized spacial score (nSPS) is 11.5. The van der Waals surface area contributed by atoms with Gasteiger partial charge in [0.25, 0.3) is 5.91 Å². The highest BCUT2D eigenvalue weighted by atomic mass is 35.5. The van der Waals surface area contributed by atoms with Gasteiger partial charge in [0.05, 0.1) is 10.9 Å². The van der Waals surface area contributed by atoms with Crippen molar-refractivity contribution in [2.75, 3.05) is 11.9 Å². The molecule has 1 amide bonds. The third-order valence-electron chi connectivity index (χ3n) is 4.77. The van der Waals surface area contributed by atoms with Crippen LogP contribution in [0.2, 0.25) is 15.1 Å². The highest BCUT2D eigenvalue weighted by Gasteiger charge is 2.39. The number of rotatable bonds is 5. The molecule has 0 aliphatic rings. The van der Waals surface area contributed by atoms with E-state index in [1.165, 1.54) is 54.6 Å². The lowest BCUT2D eigenvalue weighted by atomic mass is 10.0. The van der Waals surface area contributed by atoms with E-state index in [-0.39, 0.29) is 22.3 Å². The van der Waals surface area contributed by atoms with Gasteiger partial charge in [-0.25, -0.2) is 0 Å². The second kappa shape index (κ2) is 9.81. The minimum atomic E-state index is -4.95. The molecule has 1 aromatic heterocycles. The van der Waals surface area contributed by atoms with Crippen molar-refractivity contribution in [3.05, 3.63) is 91.7 Å².